The Morgan fingerprint density at radius 1 is 0.950 bits per heavy atom. The number of nitrogens with zero attached hydrogens (tertiary/aromatic N) is 3. The first-order chi connectivity index (χ1) is 19.3. The molecule has 4 rings (SSSR count). The number of amides is 1. The highest BCUT2D eigenvalue weighted by Crippen LogP contribution is 2.30. The zero-order valence-corrected chi connectivity index (χ0v) is 24.2. The van der Waals surface area contributed by atoms with Crippen LogP contribution in [0.15, 0.2) is 73.2 Å². The summed E-state index contributed by atoms with van der Waals surface area (Å²) >= 11 is 0. The summed E-state index contributed by atoms with van der Waals surface area (Å²) in [4.78, 5) is 27.6. The lowest BCUT2D eigenvalue weighted by Crippen LogP contribution is -2.36. The minimum Gasteiger partial charge on any atom is -0.348 e. The van der Waals surface area contributed by atoms with E-state index >= 15 is 0 Å². The van der Waals surface area contributed by atoms with Gasteiger partial charge >= 0.3 is 0 Å². The number of aromatic nitrogens is 3. The SMILES string of the molecule is CCCC(N)(CCC)c1ccc(NC(=O)c2ccc(CN(Cc3ncc[nH]3)Cc3ncc(C)cc3C)cc2)cc1. The van der Waals surface area contributed by atoms with Crippen LogP contribution in [-0.2, 0) is 25.2 Å². The highest BCUT2D eigenvalue weighted by Gasteiger charge is 2.25. The van der Waals surface area contributed by atoms with Gasteiger partial charge in [-0.05, 0) is 73.2 Å². The van der Waals surface area contributed by atoms with Gasteiger partial charge in [0.25, 0.3) is 5.91 Å². The fraction of sp³-hybridized carbons (Fsp3) is 0.364. The highest BCUT2D eigenvalue weighted by molar-refractivity contribution is 6.04. The molecular weight excluding hydrogens is 496 g/mol. The second-order valence-corrected chi connectivity index (χ2v) is 10.8. The molecule has 210 valence electrons. The van der Waals surface area contributed by atoms with Crippen LogP contribution >= 0.6 is 0 Å². The molecular formula is C33H42N6O. The molecule has 0 spiro atoms. The molecule has 0 saturated carbocycles. The topological polar surface area (TPSA) is 99.9 Å². The maximum Gasteiger partial charge on any atom is 0.255 e. The lowest BCUT2D eigenvalue weighted by molar-refractivity contribution is 0.102. The number of aryl methyl sites for hydroxylation is 2. The number of anilines is 1. The van der Waals surface area contributed by atoms with Crippen LogP contribution in [0.25, 0.3) is 0 Å². The number of rotatable bonds is 13. The Kier molecular flexibility index (Phi) is 9.85. The average molecular weight is 539 g/mol. The predicted molar refractivity (Wildman–Crippen MR) is 162 cm³/mol. The number of imidazole rings is 1. The number of aromatic amines is 1. The normalized spacial score (nSPS) is 11.7. The van der Waals surface area contributed by atoms with Crippen LogP contribution < -0.4 is 11.1 Å². The van der Waals surface area contributed by atoms with Gasteiger partial charge in [0.1, 0.15) is 5.82 Å². The molecule has 2 aromatic heterocycles. The van der Waals surface area contributed by atoms with Crippen molar-refractivity contribution in [3.8, 4) is 0 Å². The van der Waals surface area contributed by atoms with Crippen LogP contribution in [0.4, 0.5) is 5.69 Å². The van der Waals surface area contributed by atoms with E-state index in [1.807, 2.05) is 60.9 Å². The summed E-state index contributed by atoms with van der Waals surface area (Å²) in [5.74, 6) is 0.774. The molecule has 0 atom stereocenters. The molecule has 1 amide bonds. The van der Waals surface area contributed by atoms with Gasteiger partial charge in [-0.2, -0.15) is 0 Å². The van der Waals surface area contributed by atoms with Crippen molar-refractivity contribution in [1.29, 1.82) is 0 Å². The predicted octanol–water partition coefficient (Wildman–Crippen LogP) is 6.63. The fourth-order valence-corrected chi connectivity index (χ4v) is 5.30. The van der Waals surface area contributed by atoms with Gasteiger partial charge in [0.05, 0.1) is 12.2 Å². The Hall–Kier alpha value is -3.81. The van der Waals surface area contributed by atoms with E-state index < -0.39 is 0 Å². The molecule has 0 aliphatic heterocycles. The molecule has 0 bridgehead atoms. The third-order valence-corrected chi connectivity index (χ3v) is 7.36. The smallest absolute Gasteiger partial charge is 0.255 e. The molecule has 7 heteroatoms. The molecule has 4 N–H and O–H groups in total. The van der Waals surface area contributed by atoms with Gasteiger partial charge < -0.3 is 16.0 Å². The molecule has 0 fully saturated rings. The molecule has 2 aromatic carbocycles. The maximum absolute atomic E-state index is 13.0. The highest BCUT2D eigenvalue weighted by atomic mass is 16.1. The van der Waals surface area contributed by atoms with E-state index in [0.29, 0.717) is 25.2 Å². The largest absolute Gasteiger partial charge is 0.348 e. The number of H-pyrrole nitrogens is 1. The zero-order valence-electron chi connectivity index (χ0n) is 24.2. The van der Waals surface area contributed by atoms with Crippen LogP contribution in [0, 0.1) is 13.8 Å². The van der Waals surface area contributed by atoms with Crippen molar-refractivity contribution in [3.05, 3.63) is 113 Å². The van der Waals surface area contributed by atoms with Crippen LogP contribution in [-0.4, -0.2) is 25.8 Å². The fourth-order valence-electron chi connectivity index (χ4n) is 5.30. The van der Waals surface area contributed by atoms with E-state index in [1.165, 1.54) is 5.56 Å². The van der Waals surface area contributed by atoms with Crippen molar-refractivity contribution in [2.75, 3.05) is 5.32 Å². The van der Waals surface area contributed by atoms with E-state index in [9.17, 15) is 4.79 Å². The van der Waals surface area contributed by atoms with Gasteiger partial charge in [-0.1, -0.05) is 57.0 Å². The van der Waals surface area contributed by atoms with E-state index in [4.69, 9.17) is 5.73 Å². The lowest BCUT2D eigenvalue weighted by atomic mass is 9.83. The number of nitrogens with one attached hydrogen (secondary N) is 2. The van der Waals surface area contributed by atoms with Crippen LogP contribution in [0.3, 0.4) is 0 Å². The molecule has 0 aliphatic carbocycles. The Labute approximate surface area is 238 Å². The van der Waals surface area contributed by atoms with E-state index in [0.717, 1.165) is 59.6 Å². The van der Waals surface area contributed by atoms with Crippen molar-refractivity contribution < 1.29 is 4.79 Å². The minimum atomic E-state index is -0.319. The van der Waals surface area contributed by atoms with Gasteiger partial charge in [-0.15, -0.1) is 0 Å². The van der Waals surface area contributed by atoms with Crippen molar-refractivity contribution in [1.82, 2.24) is 19.9 Å². The first-order valence-electron chi connectivity index (χ1n) is 14.2. The Morgan fingerprint density at radius 2 is 1.65 bits per heavy atom. The van der Waals surface area contributed by atoms with E-state index in [-0.39, 0.29) is 11.4 Å². The maximum atomic E-state index is 13.0. The summed E-state index contributed by atoms with van der Waals surface area (Å²) in [5.41, 5.74) is 13.4. The molecule has 2 heterocycles. The standard InChI is InChI=1S/C33H42N6O/c1-5-15-33(34,16-6-2)28-11-13-29(14-12-28)38-32(40)27-9-7-26(8-10-27)21-39(23-31-35-17-18-36-31)22-30-25(4)19-24(3)20-37-30/h7-14,17-20H,5-6,15-16,21-23,34H2,1-4H3,(H,35,36)(H,38,40). The monoisotopic (exact) mass is 538 g/mol. The van der Waals surface area contributed by atoms with Crippen molar-refractivity contribution in [2.24, 2.45) is 5.73 Å². The number of benzene rings is 2. The third kappa shape index (κ3) is 7.64. The van der Waals surface area contributed by atoms with Crippen molar-refractivity contribution >= 4 is 11.6 Å². The van der Waals surface area contributed by atoms with Crippen LogP contribution in [0.5, 0.6) is 0 Å². The van der Waals surface area contributed by atoms with Crippen molar-refractivity contribution in [2.45, 2.75) is 78.6 Å². The number of hydrogen-bond acceptors (Lipinski definition) is 5. The summed E-state index contributed by atoms with van der Waals surface area (Å²) in [6, 6.07) is 17.9. The van der Waals surface area contributed by atoms with Crippen molar-refractivity contribution in [3.63, 3.8) is 0 Å². The summed E-state index contributed by atoms with van der Waals surface area (Å²) in [6.07, 6.45) is 9.48. The lowest BCUT2D eigenvalue weighted by Gasteiger charge is -2.29. The number of carbonyl (C=O) groups excluding carboxylic acids is 1. The zero-order chi connectivity index (χ0) is 28.5. The average Bonchev–Trinajstić information content (AvgIpc) is 3.44. The van der Waals surface area contributed by atoms with Gasteiger partial charge in [0.2, 0.25) is 0 Å². The summed E-state index contributed by atoms with van der Waals surface area (Å²) in [7, 11) is 0. The molecule has 40 heavy (non-hydrogen) atoms. The van der Waals surface area contributed by atoms with Crippen LogP contribution in [0.1, 0.15) is 83.7 Å². The molecule has 0 saturated heterocycles. The van der Waals surface area contributed by atoms with Gasteiger partial charge in [0.15, 0.2) is 0 Å². The number of carbonyl (C=O) groups is 1. The summed E-state index contributed by atoms with van der Waals surface area (Å²) in [6.45, 7) is 10.6. The first-order valence-corrected chi connectivity index (χ1v) is 14.2. The number of pyridine rings is 1. The quantitative estimate of drug-likeness (QED) is 0.177. The van der Waals surface area contributed by atoms with E-state index in [1.54, 1.807) is 6.20 Å². The molecule has 0 aliphatic rings. The van der Waals surface area contributed by atoms with Crippen LogP contribution in [0.2, 0.25) is 0 Å². The summed E-state index contributed by atoms with van der Waals surface area (Å²) < 4.78 is 0. The number of hydrogen-bond donors (Lipinski definition) is 3. The molecule has 0 radical (unpaired) electrons. The molecule has 0 unspecified atom stereocenters. The second kappa shape index (κ2) is 13.5. The molecule has 4 aromatic rings. The summed E-state index contributed by atoms with van der Waals surface area (Å²) in [5, 5.41) is 3.02. The Bertz CT molecular complexity index is 1360. The third-order valence-electron chi connectivity index (χ3n) is 7.36. The first kappa shape index (κ1) is 29.2. The van der Waals surface area contributed by atoms with E-state index in [2.05, 4.69) is 58.9 Å². The number of nitrogens with two attached hydrogens (primary N) is 1. The van der Waals surface area contributed by atoms with Gasteiger partial charge in [-0.25, -0.2) is 4.98 Å². The Morgan fingerprint density at radius 3 is 2.25 bits per heavy atom. The van der Waals surface area contributed by atoms with Gasteiger partial charge in [0, 0.05) is 48.5 Å². The van der Waals surface area contributed by atoms with Gasteiger partial charge in [-0.3, -0.25) is 14.7 Å². The second-order valence-electron chi connectivity index (χ2n) is 10.8. The molecule has 7 nitrogen and oxygen atoms in total. The minimum absolute atomic E-state index is 0.132. The Balaban J connectivity index is 1.42.